The van der Waals surface area contributed by atoms with Gasteiger partial charge in [-0.25, -0.2) is 0 Å². The number of carbonyl (C=O) groups is 2. The molecule has 0 saturated carbocycles. The van der Waals surface area contributed by atoms with Crippen LogP contribution in [0.5, 0.6) is 0 Å². The summed E-state index contributed by atoms with van der Waals surface area (Å²) in [6, 6.07) is 12.0. The number of rotatable bonds is 10. The summed E-state index contributed by atoms with van der Waals surface area (Å²) in [5.74, 6) is -0.236. The second-order valence-electron chi connectivity index (χ2n) is 6.40. The van der Waals surface area contributed by atoms with Crippen molar-refractivity contribution in [3.8, 4) is 0 Å². The van der Waals surface area contributed by atoms with Gasteiger partial charge in [-0.3, -0.25) is 19.7 Å². The number of allylic oxidation sites excluding steroid dienone is 1. The Kier molecular flexibility index (Phi) is 8.05. The molecule has 0 bridgehead atoms. The molecule has 0 aliphatic rings. The molecule has 0 aliphatic heterocycles. The molecule has 0 spiro atoms. The van der Waals surface area contributed by atoms with E-state index in [0.29, 0.717) is 24.5 Å². The topological polar surface area (TPSA) is 113 Å². The number of non-ortho nitro benzene ring substituents is 1. The van der Waals surface area contributed by atoms with E-state index in [1.165, 1.54) is 25.1 Å². The van der Waals surface area contributed by atoms with Crippen LogP contribution in [0.2, 0.25) is 0 Å². The number of nitrogens with one attached hydrogen (secondary N) is 3. The minimum Gasteiger partial charge on any atom is -0.386 e. The van der Waals surface area contributed by atoms with Gasteiger partial charge in [-0.05, 0) is 30.2 Å². The van der Waals surface area contributed by atoms with Crippen molar-refractivity contribution in [3.05, 3.63) is 69.8 Å². The predicted octanol–water partition coefficient (Wildman–Crippen LogP) is 3.36. The van der Waals surface area contributed by atoms with Crippen LogP contribution in [0.1, 0.15) is 24.5 Å². The first-order chi connectivity index (χ1) is 13.9. The molecule has 3 N–H and O–H groups in total. The Morgan fingerprint density at radius 1 is 1.10 bits per heavy atom. The Labute approximate surface area is 169 Å². The number of carbonyl (C=O) groups excluding carboxylic acids is 2. The van der Waals surface area contributed by atoms with Crippen molar-refractivity contribution >= 4 is 34.8 Å². The van der Waals surface area contributed by atoms with Gasteiger partial charge < -0.3 is 16.0 Å². The highest BCUT2D eigenvalue weighted by atomic mass is 16.6. The number of anilines is 2. The van der Waals surface area contributed by atoms with Crippen LogP contribution < -0.4 is 16.0 Å². The van der Waals surface area contributed by atoms with Crippen LogP contribution in [-0.4, -0.2) is 30.2 Å². The number of hydrogen-bond acceptors (Lipinski definition) is 6. The van der Waals surface area contributed by atoms with Crippen molar-refractivity contribution in [1.29, 1.82) is 0 Å². The lowest BCUT2D eigenvalue weighted by Crippen LogP contribution is -2.21. The largest absolute Gasteiger partial charge is 0.386 e. The molecule has 0 radical (unpaired) electrons. The summed E-state index contributed by atoms with van der Waals surface area (Å²) in [6.07, 6.45) is 3.51. The summed E-state index contributed by atoms with van der Waals surface area (Å²) in [5, 5.41) is 19.7. The zero-order valence-electron chi connectivity index (χ0n) is 16.4. The molecule has 1 amide bonds. The van der Waals surface area contributed by atoms with E-state index < -0.39 is 4.92 Å². The first-order valence-electron chi connectivity index (χ1n) is 9.13. The molecule has 2 aromatic carbocycles. The minimum atomic E-state index is -0.502. The maximum absolute atomic E-state index is 12.2. The molecule has 0 atom stereocenters. The van der Waals surface area contributed by atoms with Crippen LogP contribution in [0.25, 0.3) is 6.08 Å². The van der Waals surface area contributed by atoms with Crippen molar-refractivity contribution in [2.75, 3.05) is 24.2 Å². The lowest BCUT2D eigenvalue weighted by molar-refractivity contribution is -0.384. The monoisotopic (exact) mass is 396 g/mol. The smallest absolute Gasteiger partial charge is 0.271 e. The molecule has 2 aromatic rings. The molecule has 0 aliphatic carbocycles. The average molecular weight is 396 g/mol. The zero-order valence-corrected chi connectivity index (χ0v) is 16.4. The molecule has 152 valence electrons. The lowest BCUT2D eigenvalue weighted by atomic mass is 10.1. The summed E-state index contributed by atoms with van der Waals surface area (Å²) in [4.78, 5) is 33.5. The highest BCUT2D eigenvalue weighted by Crippen LogP contribution is 2.26. The van der Waals surface area contributed by atoms with Gasteiger partial charge in [-0.1, -0.05) is 30.3 Å². The van der Waals surface area contributed by atoms with Crippen LogP contribution in [0.4, 0.5) is 17.1 Å². The third-order valence-electron chi connectivity index (χ3n) is 4.11. The van der Waals surface area contributed by atoms with Crippen molar-refractivity contribution in [2.24, 2.45) is 0 Å². The summed E-state index contributed by atoms with van der Waals surface area (Å²) in [6.45, 7) is 2.56. The van der Waals surface area contributed by atoms with Gasteiger partial charge in [-0.2, -0.15) is 0 Å². The van der Waals surface area contributed by atoms with E-state index in [1.54, 1.807) is 19.2 Å². The molecule has 2 rings (SSSR count). The number of ketones is 1. The van der Waals surface area contributed by atoms with Crippen molar-refractivity contribution in [1.82, 2.24) is 5.32 Å². The van der Waals surface area contributed by atoms with Gasteiger partial charge >= 0.3 is 0 Å². The molecule has 0 aromatic heterocycles. The number of nitro benzene ring substituents is 1. The lowest BCUT2D eigenvalue weighted by Gasteiger charge is -2.11. The van der Waals surface area contributed by atoms with Crippen LogP contribution in [0.15, 0.2) is 48.5 Å². The van der Waals surface area contributed by atoms with E-state index in [4.69, 9.17) is 0 Å². The van der Waals surface area contributed by atoms with Gasteiger partial charge in [0.1, 0.15) is 0 Å². The van der Waals surface area contributed by atoms with Crippen LogP contribution in [0, 0.1) is 10.1 Å². The average Bonchev–Trinajstić information content (AvgIpc) is 2.70. The van der Waals surface area contributed by atoms with E-state index in [1.807, 2.05) is 24.3 Å². The highest BCUT2D eigenvalue weighted by Gasteiger charge is 2.12. The third kappa shape index (κ3) is 7.19. The molecule has 8 heteroatoms. The van der Waals surface area contributed by atoms with Crippen molar-refractivity contribution in [2.45, 2.75) is 19.9 Å². The van der Waals surface area contributed by atoms with Gasteiger partial charge in [0.25, 0.3) is 5.69 Å². The first-order valence-corrected chi connectivity index (χ1v) is 9.13. The Balaban J connectivity index is 1.81. The molecule has 0 saturated heterocycles. The predicted molar refractivity (Wildman–Crippen MR) is 114 cm³/mol. The Morgan fingerprint density at radius 2 is 1.83 bits per heavy atom. The van der Waals surface area contributed by atoms with Crippen molar-refractivity contribution in [3.63, 3.8) is 0 Å². The summed E-state index contributed by atoms with van der Waals surface area (Å²) < 4.78 is 0. The molecule has 0 heterocycles. The minimum absolute atomic E-state index is 0.000895. The van der Waals surface area contributed by atoms with Gasteiger partial charge in [0.2, 0.25) is 5.91 Å². The van der Waals surface area contributed by atoms with E-state index in [-0.39, 0.29) is 23.8 Å². The Bertz CT molecular complexity index is 907. The SMILES string of the molecule is CNc1ccc([N+](=O)[O-])cc1NC(=O)CCNCc1ccc(/C=C/C(C)=O)cc1. The first kappa shape index (κ1) is 21.8. The highest BCUT2D eigenvalue weighted by molar-refractivity contribution is 5.94. The maximum atomic E-state index is 12.2. The van der Waals surface area contributed by atoms with Crippen LogP contribution in [0.3, 0.4) is 0 Å². The molecule has 0 unspecified atom stereocenters. The van der Waals surface area contributed by atoms with E-state index in [0.717, 1.165) is 11.1 Å². The number of amides is 1. The van der Waals surface area contributed by atoms with E-state index >= 15 is 0 Å². The Hall–Kier alpha value is -3.52. The Morgan fingerprint density at radius 3 is 2.45 bits per heavy atom. The molecule has 29 heavy (non-hydrogen) atoms. The molecular formula is C21H24N4O4. The second-order valence-corrected chi connectivity index (χ2v) is 6.40. The number of nitro groups is 1. The quantitative estimate of drug-likeness (QED) is 0.246. The molecule has 8 nitrogen and oxygen atoms in total. The summed E-state index contributed by atoms with van der Waals surface area (Å²) in [5.41, 5.74) is 2.90. The van der Waals surface area contributed by atoms with E-state index in [2.05, 4.69) is 16.0 Å². The number of nitrogens with zero attached hydrogens (tertiary/aromatic N) is 1. The molecular weight excluding hydrogens is 372 g/mol. The fraction of sp³-hybridized carbons (Fsp3) is 0.238. The third-order valence-corrected chi connectivity index (χ3v) is 4.11. The zero-order chi connectivity index (χ0) is 21.2. The normalized spacial score (nSPS) is 10.7. The number of benzene rings is 2. The van der Waals surface area contributed by atoms with Crippen molar-refractivity contribution < 1.29 is 14.5 Å². The standard InChI is InChI=1S/C21H24N4O4/c1-15(26)3-4-16-5-7-17(8-6-16)14-23-12-11-21(27)24-20-13-18(25(28)29)9-10-19(20)22-2/h3-10,13,22-23H,11-12,14H2,1-2H3,(H,24,27)/b4-3+. The second kappa shape index (κ2) is 10.7. The fourth-order valence-electron chi connectivity index (χ4n) is 2.57. The van der Waals surface area contributed by atoms with Gasteiger partial charge in [0.15, 0.2) is 5.78 Å². The summed E-state index contributed by atoms with van der Waals surface area (Å²) >= 11 is 0. The maximum Gasteiger partial charge on any atom is 0.271 e. The van der Waals surface area contributed by atoms with Crippen LogP contribution in [-0.2, 0) is 16.1 Å². The van der Waals surface area contributed by atoms with E-state index in [9.17, 15) is 19.7 Å². The molecule has 0 fully saturated rings. The van der Waals surface area contributed by atoms with Crippen LogP contribution >= 0.6 is 0 Å². The van der Waals surface area contributed by atoms with Gasteiger partial charge in [0.05, 0.1) is 16.3 Å². The fourth-order valence-corrected chi connectivity index (χ4v) is 2.57. The van der Waals surface area contributed by atoms with Gasteiger partial charge in [0, 0.05) is 38.7 Å². The number of hydrogen-bond donors (Lipinski definition) is 3. The summed E-state index contributed by atoms with van der Waals surface area (Å²) in [7, 11) is 1.68. The van der Waals surface area contributed by atoms with Gasteiger partial charge in [-0.15, -0.1) is 0 Å².